The summed E-state index contributed by atoms with van der Waals surface area (Å²) >= 11 is 0. The standard InChI is InChI=1S/C11H21FO4/c12-4-6-13-7-8-14-9-10-16-11-3-1-2-5-15-11/h11H,1-10H2. The highest BCUT2D eigenvalue weighted by Crippen LogP contribution is 2.13. The van der Waals surface area contributed by atoms with Gasteiger partial charge in [0.05, 0.1) is 33.0 Å². The summed E-state index contributed by atoms with van der Waals surface area (Å²) in [6.45, 7) is 2.48. The van der Waals surface area contributed by atoms with Gasteiger partial charge in [-0.05, 0) is 19.3 Å². The summed E-state index contributed by atoms with van der Waals surface area (Å²) in [4.78, 5) is 0. The number of alkyl halides is 1. The van der Waals surface area contributed by atoms with Crippen LogP contribution >= 0.6 is 0 Å². The van der Waals surface area contributed by atoms with Crippen LogP contribution < -0.4 is 0 Å². The Hall–Kier alpha value is -0.230. The van der Waals surface area contributed by atoms with E-state index in [9.17, 15) is 4.39 Å². The largest absolute Gasteiger partial charge is 0.377 e. The fourth-order valence-corrected chi connectivity index (χ4v) is 1.46. The molecule has 16 heavy (non-hydrogen) atoms. The molecule has 0 aliphatic carbocycles. The van der Waals surface area contributed by atoms with Crippen LogP contribution in [0.3, 0.4) is 0 Å². The maximum Gasteiger partial charge on any atom is 0.157 e. The summed E-state index contributed by atoms with van der Waals surface area (Å²) in [6.07, 6.45) is 3.21. The second-order valence-electron chi connectivity index (χ2n) is 3.58. The summed E-state index contributed by atoms with van der Waals surface area (Å²) in [6, 6.07) is 0. The molecule has 0 N–H and O–H groups in total. The Morgan fingerprint density at radius 3 is 2.44 bits per heavy atom. The van der Waals surface area contributed by atoms with E-state index >= 15 is 0 Å². The molecule has 96 valence electrons. The molecule has 0 aromatic heterocycles. The van der Waals surface area contributed by atoms with E-state index in [-0.39, 0.29) is 12.9 Å². The second kappa shape index (κ2) is 9.96. The van der Waals surface area contributed by atoms with Crippen LogP contribution in [0.5, 0.6) is 0 Å². The third-order valence-electron chi connectivity index (χ3n) is 2.26. The maximum absolute atomic E-state index is 11.6. The van der Waals surface area contributed by atoms with Crippen molar-refractivity contribution in [2.45, 2.75) is 25.6 Å². The van der Waals surface area contributed by atoms with Crippen molar-refractivity contribution in [1.29, 1.82) is 0 Å². The normalized spacial score (nSPS) is 21.2. The lowest BCUT2D eigenvalue weighted by atomic mass is 10.2. The van der Waals surface area contributed by atoms with Crippen LogP contribution in [0.1, 0.15) is 19.3 Å². The van der Waals surface area contributed by atoms with Crippen LogP contribution in [-0.4, -0.2) is 52.6 Å². The lowest BCUT2D eigenvalue weighted by molar-refractivity contribution is -0.169. The molecule has 0 amide bonds. The lowest BCUT2D eigenvalue weighted by Gasteiger charge is -2.22. The van der Waals surface area contributed by atoms with Gasteiger partial charge in [0.15, 0.2) is 6.29 Å². The predicted octanol–water partition coefficient (Wildman–Crippen LogP) is 1.53. The maximum atomic E-state index is 11.6. The fourth-order valence-electron chi connectivity index (χ4n) is 1.46. The number of hydrogen-bond acceptors (Lipinski definition) is 4. The molecule has 1 rings (SSSR count). The molecule has 1 heterocycles. The average molecular weight is 236 g/mol. The molecule has 1 saturated heterocycles. The minimum absolute atomic E-state index is 0.0554. The number of halogens is 1. The van der Waals surface area contributed by atoms with Crippen molar-refractivity contribution in [3.8, 4) is 0 Å². The fraction of sp³-hybridized carbons (Fsp3) is 1.00. The van der Waals surface area contributed by atoms with Gasteiger partial charge in [0.2, 0.25) is 0 Å². The van der Waals surface area contributed by atoms with E-state index in [0.29, 0.717) is 26.4 Å². The third kappa shape index (κ3) is 7.11. The highest BCUT2D eigenvalue weighted by Gasteiger charge is 2.13. The van der Waals surface area contributed by atoms with Crippen molar-refractivity contribution in [2.75, 3.05) is 46.3 Å². The van der Waals surface area contributed by atoms with Gasteiger partial charge in [-0.15, -0.1) is 0 Å². The number of rotatable bonds is 9. The zero-order chi connectivity index (χ0) is 11.5. The topological polar surface area (TPSA) is 36.9 Å². The molecule has 0 spiro atoms. The summed E-state index contributed by atoms with van der Waals surface area (Å²) in [5.74, 6) is 0. The monoisotopic (exact) mass is 236 g/mol. The summed E-state index contributed by atoms with van der Waals surface area (Å²) in [5, 5.41) is 0. The average Bonchev–Trinajstić information content (AvgIpc) is 2.34. The van der Waals surface area contributed by atoms with Crippen molar-refractivity contribution in [1.82, 2.24) is 0 Å². The van der Waals surface area contributed by atoms with E-state index in [1.165, 1.54) is 6.42 Å². The first-order valence-corrected chi connectivity index (χ1v) is 5.88. The zero-order valence-corrected chi connectivity index (χ0v) is 9.66. The van der Waals surface area contributed by atoms with Crippen LogP contribution in [0.2, 0.25) is 0 Å². The van der Waals surface area contributed by atoms with Gasteiger partial charge in [0.1, 0.15) is 6.67 Å². The quantitative estimate of drug-likeness (QED) is 0.569. The molecule has 0 radical (unpaired) electrons. The first kappa shape index (κ1) is 13.8. The van der Waals surface area contributed by atoms with Gasteiger partial charge in [-0.25, -0.2) is 4.39 Å². The smallest absolute Gasteiger partial charge is 0.157 e. The van der Waals surface area contributed by atoms with Gasteiger partial charge in [0, 0.05) is 6.61 Å². The van der Waals surface area contributed by atoms with Crippen LogP contribution in [0, 0.1) is 0 Å². The van der Waals surface area contributed by atoms with E-state index in [1.807, 2.05) is 0 Å². The van der Waals surface area contributed by atoms with Crippen LogP contribution in [0.25, 0.3) is 0 Å². The Morgan fingerprint density at radius 2 is 1.75 bits per heavy atom. The lowest BCUT2D eigenvalue weighted by Crippen LogP contribution is -2.24. The van der Waals surface area contributed by atoms with E-state index in [2.05, 4.69) is 0 Å². The molecule has 0 aromatic rings. The molecule has 0 saturated carbocycles. The Balaban J connectivity index is 1.77. The van der Waals surface area contributed by atoms with Gasteiger partial charge in [-0.1, -0.05) is 0 Å². The SMILES string of the molecule is FCCOCCOCCOC1CCCCO1. The van der Waals surface area contributed by atoms with Gasteiger partial charge in [-0.3, -0.25) is 0 Å². The van der Waals surface area contributed by atoms with Crippen molar-refractivity contribution < 1.29 is 23.3 Å². The molecule has 4 nitrogen and oxygen atoms in total. The van der Waals surface area contributed by atoms with Gasteiger partial charge in [0.25, 0.3) is 0 Å². The van der Waals surface area contributed by atoms with E-state index in [4.69, 9.17) is 18.9 Å². The van der Waals surface area contributed by atoms with Crippen molar-refractivity contribution in [2.24, 2.45) is 0 Å². The van der Waals surface area contributed by atoms with E-state index < -0.39 is 6.67 Å². The molecule has 1 unspecified atom stereocenters. The van der Waals surface area contributed by atoms with Crippen LogP contribution in [0.4, 0.5) is 4.39 Å². The first-order valence-electron chi connectivity index (χ1n) is 5.88. The Bertz CT molecular complexity index is 151. The zero-order valence-electron chi connectivity index (χ0n) is 9.66. The third-order valence-corrected chi connectivity index (χ3v) is 2.26. The molecule has 1 aliphatic heterocycles. The first-order chi connectivity index (χ1) is 7.93. The van der Waals surface area contributed by atoms with Gasteiger partial charge < -0.3 is 18.9 Å². The molecular formula is C11H21FO4. The summed E-state index contributed by atoms with van der Waals surface area (Å²) < 4.78 is 32.6. The van der Waals surface area contributed by atoms with E-state index in [1.54, 1.807) is 0 Å². The van der Waals surface area contributed by atoms with Crippen LogP contribution in [-0.2, 0) is 18.9 Å². The minimum atomic E-state index is -0.442. The second-order valence-corrected chi connectivity index (χ2v) is 3.58. The number of hydrogen-bond donors (Lipinski definition) is 0. The molecule has 1 aliphatic rings. The molecular weight excluding hydrogens is 215 g/mol. The molecule has 1 atom stereocenters. The Morgan fingerprint density at radius 1 is 1.00 bits per heavy atom. The summed E-state index contributed by atoms with van der Waals surface area (Å²) in [5.41, 5.74) is 0. The molecule has 0 aromatic carbocycles. The highest BCUT2D eigenvalue weighted by molar-refractivity contribution is 4.53. The molecule has 1 fully saturated rings. The molecule has 0 bridgehead atoms. The van der Waals surface area contributed by atoms with Gasteiger partial charge >= 0.3 is 0 Å². The van der Waals surface area contributed by atoms with Crippen molar-refractivity contribution >= 4 is 0 Å². The van der Waals surface area contributed by atoms with Gasteiger partial charge in [-0.2, -0.15) is 0 Å². The van der Waals surface area contributed by atoms with Crippen molar-refractivity contribution in [3.05, 3.63) is 0 Å². The Labute approximate surface area is 96.0 Å². The van der Waals surface area contributed by atoms with Crippen LogP contribution in [0.15, 0.2) is 0 Å². The Kier molecular flexibility index (Phi) is 8.61. The minimum Gasteiger partial charge on any atom is -0.377 e. The summed E-state index contributed by atoms with van der Waals surface area (Å²) in [7, 11) is 0. The number of ether oxygens (including phenoxy) is 4. The highest BCUT2D eigenvalue weighted by atomic mass is 19.1. The van der Waals surface area contributed by atoms with E-state index in [0.717, 1.165) is 19.4 Å². The van der Waals surface area contributed by atoms with Crippen molar-refractivity contribution in [3.63, 3.8) is 0 Å². The molecule has 5 heteroatoms. The predicted molar refractivity (Wildman–Crippen MR) is 57.2 cm³/mol.